The summed E-state index contributed by atoms with van der Waals surface area (Å²) in [5.74, 6) is -1.24. The summed E-state index contributed by atoms with van der Waals surface area (Å²) in [5.41, 5.74) is 1.06. The molecule has 0 fully saturated rings. The van der Waals surface area contributed by atoms with Crippen molar-refractivity contribution in [1.82, 2.24) is 5.32 Å². The van der Waals surface area contributed by atoms with E-state index in [1.54, 1.807) is 0 Å². The third kappa shape index (κ3) is 4.91. The highest BCUT2D eigenvalue weighted by atomic mass is 32.1. The summed E-state index contributed by atoms with van der Waals surface area (Å²) in [7, 11) is 0. The zero-order valence-electron chi connectivity index (χ0n) is 9.30. The molecule has 0 saturated heterocycles. The molecule has 0 saturated carbocycles. The number of carbonyl (C=O) groups excluding carboxylic acids is 1. The summed E-state index contributed by atoms with van der Waals surface area (Å²) >= 11 is 3.87. The van der Waals surface area contributed by atoms with Gasteiger partial charge in [0.05, 0.1) is 0 Å². The van der Waals surface area contributed by atoms with Gasteiger partial charge in [0.2, 0.25) is 5.91 Å². The molecule has 0 aliphatic rings. The van der Waals surface area contributed by atoms with Crippen LogP contribution in [0.2, 0.25) is 0 Å². The lowest BCUT2D eigenvalue weighted by atomic mass is 10.1. The minimum absolute atomic E-state index is 0.0897. The number of amides is 1. The molecule has 0 radical (unpaired) electrons. The van der Waals surface area contributed by atoms with Gasteiger partial charge in [-0.15, -0.1) is 0 Å². The van der Waals surface area contributed by atoms with E-state index in [0.29, 0.717) is 6.42 Å². The quantitative estimate of drug-likeness (QED) is 0.666. The number of carboxylic acids is 1. The van der Waals surface area contributed by atoms with Crippen molar-refractivity contribution in [3.8, 4) is 0 Å². The maximum atomic E-state index is 11.5. The van der Waals surface area contributed by atoms with E-state index in [4.69, 9.17) is 5.11 Å². The predicted octanol–water partition coefficient (Wildman–Crippen LogP) is 1.12. The number of aliphatic carboxylic acids is 1. The van der Waals surface area contributed by atoms with E-state index in [9.17, 15) is 9.59 Å². The van der Waals surface area contributed by atoms with E-state index in [1.165, 1.54) is 0 Å². The molecule has 0 aromatic heterocycles. The third-order valence-corrected chi connectivity index (χ3v) is 2.66. The van der Waals surface area contributed by atoms with Gasteiger partial charge in [-0.25, -0.2) is 4.79 Å². The molecular weight excluding hydrogens is 238 g/mol. The fourth-order valence-corrected chi connectivity index (χ4v) is 1.60. The Hall–Kier alpha value is -1.49. The number of aryl methyl sites for hydroxylation is 1. The predicted molar refractivity (Wildman–Crippen MR) is 68.2 cm³/mol. The Balaban J connectivity index is 2.37. The summed E-state index contributed by atoms with van der Waals surface area (Å²) in [4.78, 5) is 22.2. The van der Waals surface area contributed by atoms with Crippen molar-refractivity contribution in [2.24, 2.45) is 0 Å². The molecule has 1 amide bonds. The highest BCUT2D eigenvalue weighted by molar-refractivity contribution is 7.80. The average Bonchev–Trinajstić information content (AvgIpc) is 2.34. The molecule has 0 unspecified atom stereocenters. The molecule has 1 rings (SSSR count). The minimum atomic E-state index is -1.06. The standard InChI is InChI=1S/C12H15NO3S/c14-11(13-10(8-17)12(15)16)7-6-9-4-2-1-3-5-9/h1-5,10,17H,6-8H2,(H,13,14)(H,15,16)/t10-/m0/s1. The Kier molecular flexibility index (Phi) is 5.56. The molecule has 0 aliphatic carbocycles. The second-order valence-electron chi connectivity index (χ2n) is 3.63. The molecular formula is C12H15NO3S. The van der Waals surface area contributed by atoms with Gasteiger partial charge in [-0.3, -0.25) is 4.79 Å². The van der Waals surface area contributed by atoms with Crippen molar-refractivity contribution in [3.05, 3.63) is 35.9 Å². The van der Waals surface area contributed by atoms with Crippen LogP contribution in [0.5, 0.6) is 0 Å². The van der Waals surface area contributed by atoms with Crippen LogP contribution in [0.4, 0.5) is 0 Å². The third-order valence-electron chi connectivity index (χ3n) is 2.30. The molecule has 4 nitrogen and oxygen atoms in total. The number of thiol groups is 1. The van der Waals surface area contributed by atoms with Crippen LogP contribution in [0.25, 0.3) is 0 Å². The normalized spacial score (nSPS) is 11.8. The zero-order chi connectivity index (χ0) is 12.7. The lowest BCUT2D eigenvalue weighted by molar-refractivity contribution is -0.141. The molecule has 0 bridgehead atoms. The van der Waals surface area contributed by atoms with Gasteiger partial charge in [0, 0.05) is 12.2 Å². The molecule has 1 aromatic rings. The highest BCUT2D eigenvalue weighted by Gasteiger charge is 2.17. The van der Waals surface area contributed by atoms with Crippen LogP contribution < -0.4 is 5.32 Å². The molecule has 1 aromatic carbocycles. The van der Waals surface area contributed by atoms with Crippen molar-refractivity contribution in [2.45, 2.75) is 18.9 Å². The second kappa shape index (κ2) is 6.96. The summed E-state index contributed by atoms with van der Waals surface area (Å²) in [6, 6.07) is 8.66. The molecule has 5 heteroatoms. The molecule has 17 heavy (non-hydrogen) atoms. The van der Waals surface area contributed by atoms with Crippen molar-refractivity contribution in [1.29, 1.82) is 0 Å². The number of rotatable bonds is 6. The van der Waals surface area contributed by atoms with Crippen molar-refractivity contribution in [2.75, 3.05) is 5.75 Å². The smallest absolute Gasteiger partial charge is 0.327 e. The first-order chi connectivity index (χ1) is 8.13. The maximum absolute atomic E-state index is 11.5. The van der Waals surface area contributed by atoms with Crippen LogP contribution in [0.1, 0.15) is 12.0 Å². The van der Waals surface area contributed by atoms with E-state index in [2.05, 4.69) is 17.9 Å². The molecule has 0 aliphatic heterocycles. The Labute approximate surface area is 105 Å². The summed E-state index contributed by atoms with van der Waals surface area (Å²) in [6.07, 6.45) is 0.882. The molecule has 2 N–H and O–H groups in total. The van der Waals surface area contributed by atoms with Crippen LogP contribution in [0.15, 0.2) is 30.3 Å². The summed E-state index contributed by atoms with van der Waals surface area (Å²) in [5, 5.41) is 11.2. The zero-order valence-corrected chi connectivity index (χ0v) is 10.2. The van der Waals surface area contributed by atoms with E-state index in [1.807, 2.05) is 30.3 Å². The van der Waals surface area contributed by atoms with Gasteiger partial charge >= 0.3 is 5.97 Å². The summed E-state index contributed by atoms with van der Waals surface area (Å²) < 4.78 is 0. The maximum Gasteiger partial charge on any atom is 0.327 e. The number of carbonyl (C=O) groups is 2. The van der Waals surface area contributed by atoms with Gasteiger partial charge in [0.25, 0.3) is 0 Å². The Morgan fingerprint density at radius 1 is 1.29 bits per heavy atom. The van der Waals surface area contributed by atoms with Crippen LogP contribution >= 0.6 is 12.6 Å². The van der Waals surface area contributed by atoms with Crippen LogP contribution in [0.3, 0.4) is 0 Å². The molecule has 92 valence electrons. The lowest BCUT2D eigenvalue weighted by Gasteiger charge is -2.11. The van der Waals surface area contributed by atoms with Crippen LogP contribution in [-0.2, 0) is 16.0 Å². The molecule has 0 heterocycles. The highest BCUT2D eigenvalue weighted by Crippen LogP contribution is 2.02. The fraction of sp³-hybridized carbons (Fsp3) is 0.333. The minimum Gasteiger partial charge on any atom is -0.480 e. The largest absolute Gasteiger partial charge is 0.480 e. The number of benzene rings is 1. The number of hydrogen-bond donors (Lipinski definition) is 3. The van der Waals surface area contributed by atoms with Gasteiger partial charge in [-0.05, 0) is 12.0 Å². The summed E-state index contributed by atoms with van der Waals surface area (Å²) in [6.45, 7) is 0. The van der Waals surface area contributed by atoms with Gasteiger partial charge in [-0.1, -0.05) is 30.3 Å². The Bertz CT molecular complexity index is 381. The Morgan fingerprint density at radius 3 is 2.47 bits per heavy atom. The molecule has 0 spiro atoms. The Morgan fingerprint density at radius 2 is 1.94 bits per heavy atom. The first-order valence-corrected chi connectivity index (χ1v) is 5.93. The van der Waals surface area contributed by atoms with Crippen molar-refractivity contribution < 1.29 is 14.7 Å². The van der Waals surface area contributed by atoms with Crippen molar-refractivity contribution in [3.63, 3.8) is 0 Å². The van der Waals surface area contributed by atoms with Crippen LogP contribution in [-0.4, -0.2) is 28.8 Å². The van der Waals surface area contributed by atoms with Gasteiger partial charge in [-0.2, -0.15) is 12.6 Å². The van der Waals surface area contributed by atoms with E-state index in [0.717, 1.165) is 5.56 Å². The number of nitrogens with one attached hydrogen (secondary N) is 1. The fourth-order valence-electron chi connectivity index (χ4n) is 1.35. The average molecular weight is 253 g/mol. The monoisotopic (exact) mass is 253 g/mol. The van der Waals surface area contributed by atoms with Gasteiger partial charge in [0.15, 0.2) is 0 Å². The lowest BCUT2D eigenvalue weighted by Crippen LogP contribution is -2.42. The number of carboxylic acid groups (broad SMARTS) is 1. The second-order valence-corrected chi connectivity index (χ2v) is 3.99. The van der Waals surface area contributed by atoms with Crippen LogP contribution in [0, 0.1) is 0 Å². The molecule has 1 atom stereocenters. The SMILES string of the molecule is O=C(CCc1ccccc1)N[C@@H](CS)C(=O)O. The van der Waals surface area contributed by atoms with E-state index < -0.39 is 12.0 Å². The number of hydrogen-bond acceptors (Lipinski definition) is 3. The van der Waals surface area contributed by atoms with E-state index in [-0.39, 0.29) is 18.1 Å². The first kappa shape index (κ1) is 13.6. The van der Waals surface area contributed by atoms with Crippen molar-refractivity contribution >= 4 is 24.5 Å². The van der Waals surface area contributed by atoms with Gasteiger partial charge < -0.3 is 10.4 Å². The van der Waals surface area contributed by atoms with E-state index >= 15 is 0 Å². The topological polar surface area (TPSA) is 66.4 Å². The van der Waals surface area contributed by atoms with Gasteiger partial charge in [0.1, 0.15) is 6.04 Å². The first-order valence-electron chi connectivity index (χ1n) is 5.30.